The summed E-state index contributed by atoms with van der Waals surface area (Å²) >= 11 is 0. The minimum absolute atomic E-state index is 0.111. The maximum absolute atomic E-state index is 13.5. The number of benzene rings is 3. The molecule has 3 nitrogen and oxygen atoms in total. The highest BCUT2D eigenvalue weighted by Gasteiger charge is 2.79. The van der Waals surface area contributed by atoms with Gasteiger partial charge in [0.15, 0.2) is 5.78 Å². The van der Waals surface area contributed by atoms with E-state index in [1.54, 1.807) is 6.08 Å². The Labute approximate surface area is 175 Å². The van der Waals surface area contributed by atoms with Crippen LogP contribution in [0.5, 0.6) is 0 Å². The maximum atomic E-state index is 13.5. The van der Waals surface area contributed by atoms with E-state index in [1.807, 2.05) is 48.5 Å². The standard InChI is InChI=1S/C27H20O3/c28-22-15-16-25(17-29-25)24-23(22)26(18-9-3-1-4-10-18)20-13-7-8-14-21(20)27(24,30-26)19-11-5-2-6-12-19/h1-16,23-24H,17H2/t23-,24-,25+,26?,27?/m0/s1. The number of ketones is 1. The number of epoxide rings is 1. The molecule has 3 heterocycles. The molecule has 0 radical (unpaired) electrons. The summed E-state index contributed by atoms with van der Waals surface area (Å²) in [6, 6.07) is 29.0. The second-order valence-electron chi connectivity index (χ2n) is 8.79. The van der Waals surface area contributed by atoms with Gasteiger partial charge in [0.25, 0.3) is 0 Å². The summed E-state index contributed by atoms with van der Waals surface area (Å²) in [4.78, 5) is 13.5. The van der Waals surface area contributed by atoms with Gasteiger partial charge in [-0.25, -0.2) is 0 Å². The quantitative estimate of drug-likeness (QED) is 0.609. The van der Waals surface area contributed by atoms with Gasteiger partial charge in [0.1, 0.15) is 16.8 Å². The highest BCUT2D eigenvalue weighted by molar-refractivity contribution is 5.97. The Bertz CT molecular complexity index is 1210. The summed E-state index contributed by atoms with van der Waals surface area (Å²) < 4.78 is 13.3. The van der Waals surface area contributed by atoms with E-state index in [4.69, 9.17) is 9.47 Å². The Morgan fingerprint density at radius 3 is 1.87 bits per heavy atom. The third-order valence-electron chi connectivity index (χ3n) is 7.50. The predicted molar refractivity (Wildman–Crippen MR) is 112 cm³/mol. The lowest BCUT2D eigenvalue weighted by molar-refractivity contribution is -0.124. The minimum atomic E-state index is -0.820. The van der Waals surface area contributed by atoms with Crippen LogP contribution in [0.4, 0.5) is 0 Å². The van der Waals surface area contributed by atoms with Crippen LogP contribution in [0.15, 0.2) is 97.1 Å². The number of carbonyl (C=O) groups is 1. The zero-order valence-corrected chi connectivity index (χ0v) is 16.3. The molecule has 7 rings (SSSR count). The summed E-state index contributed by atoms with van der Waals surface area (Å²) in [5.74, 6) is -0.320. The Morgan fingerprint density at radius 1 is 0.733 bits per heavy atom. The van der Waals surface area contributed by atoms with Crippen LogP contribution in [0.25, 0.3) is 0 Å². The van der Waals surface area contributed by atoms with Crippen LogP contribution in [-0.2, 0) is 25.5 Å². The van der Waals surface area contributed by atoms with E-state index in [2.05, 4.69) is 42.5 Å². The first kappa shape index (κ1) is 16.8. The van der Waals surface area contributed by atoms with Gasteiger partial charge < -0.3 is 9.47 Å². The first-order valence-electron chi connectivity index (χ1n) is 10.5. The van der Waals surface area contributed by atoms with Gasteiger partial charge in [0.05, 0.1) is 12.5 Å². The molecule has 0 saturated carbocycles. The number of ether oxygens (including phenoxy) is 2. The maximum Gasteiger partial charge on any atom is 0.162 e. The molecule has 0 amide bonds. The van der Waals surface area contributed by atoms with Crippen molar-refractivity contribution in [3.63, 3.8) is 0 Å². The number of allylic oxidation sites excluding steroid dienone is 1. The summed E-state index contributed by atoms with van der Waals surface area (Å²) in [6.45, 7) is 0.628. The second kappa shape index (κ2) is 5.37. The monoisotopic (exact) mass is 392 g/mol. The van der Waals surface area contributed by atoms with Crippen molar-refractivity contribution in [2.75, 3.05) is 6.61 Å². The van der Waals surface area contributed by atoms with Gasteiger partial charge in [-0.05, 0) is 34.4 Å². The zero-order valence-electron chi connectivity index (χ0n) is 16.3. The zero-order chi connectivity index (χ0) is 20.0. The molecule has 3 aromatic rings. The lowest BCUT2D eigenvalue weighted by Crippen LogP contribution is -2.51. The molecule has 2 fully saturated rings. The van der Waals surface area contributed by atoms with Crippen molar-refractivity contribution >= 4 is 5.78 Å². The molecule has 2 saturated heterocycles. The van der Waals surface area contributed by atoms with Crippen LogP contribution in [0.2, 0.25) is 0 Å². The third-order valence-corrected chi connectivity index (χ3v) is 7.50. The molecule has 5 atom stereocenters. The Hall–Kier alpha value is -3.01. The smallest absolute Gasteiger partial charge is 0.162 e. The molecule has 4 aliphatic rings. The van der Waals surface area contributed by atoms with E-state index >= 15 is 0 Å². The average Bonchev–Trinajstić information content (AvgIpc) is 3.41. The van der Waals surface area contributed by atoms with Crippen LogP contribution >= 0.6 is 0 Å². The van der Waals surface area contributed by atoms with Crippen LogP contribution in [0.1, 0.15) is 22.3 Å². The van der Waals surface area contributed by atoms with E-state index < -0.39 is 16.8 Å². The SMILES string of the molecule is O=C1C=C[C@@]2(CO2)[C@@H]2[C@H]1C1(c3ccccc3)OC2(c2ccccc2)c2ccccc21. The van der Waals surface area contributed by atoms with Gasteiger partial charge >= 0.3 is 0 Å². The molecular weight excluding hydrogens is 372 g/mol. The van der Waals surface area contributed by atoms with Gasteiger partial charge in [-0.3, -0.25) is 4.79 Å². The molecule has 3 aromatic carbocycles. The molecule has 0 N–H and O–H groups in total. The van der Waals surface area contributed by atoms with Crippen molar-refractivity contribution in [3.05, 3.63) is 119 Å². The fraction of sp³-hybridized carbons (Fsp3) is 0.222. The van der Waals surface area contributed by atoms with E-state index in [0.29, 0.717) is 6.61 Å². The third kappa shape index (κ3) is 1.74. The molecule has 3 heteroatoms. The molecule has 1 aliphatic carbocycles. The number of hydrogen-bond donors (Lipinski definition) is 0. The topological polar surface area (TPSA) is 38.8 Å². The van der Waals surface area contributed by atoms with Crippen molar-refractivity contribution in [1.82, 2.24) is 0 Å². The van der Waals surface area contributed by atoms with E-state index in [-0.39, 0.29) is 17.6 Å². The van der Waals surface area contributed by atoms with Crippen molar-refractivity contribution < 1.29 is 14.3 Å². The first-order chi connectivity index (χ1) is 14.7. The molecule has 146 valence electrons. The van der Waals surface area contributed by atoms with Crippen molar-refractivity contribution in [2.24, 2.45) is 11.8 Å². The van der Waals surface area contributed by atoms with Gasteiger partial charge in [0, 0.05) is 5.92 Å². The van der Waals surface area contributed by atoms with Crippen molar-refractivity contribution in [3.8, 4) is 0 Å². The van der Waals surface area contributed by atoms with Crippen LogP contribution < -0.4 is 0 Å². The summed E-state index contributed by atoms with van der Waals surface area (Å²) in [7, 11) is 0. The fourth-order valence-electron chi connectivity index (χ4n) is 6.37. The Morgan fingerprint density at radius 2 is 1.27 bits per heavy atom. The van der Waals surface area contributed by atoms with E-state index in [1.165, 1.54) is 0 Å². The predicted octanol–water partition coefficient (Wildman–Crippen LogP) is 4.36. The highest BCUT2D eigenvalue weighted by Crippen LogP contribution is 2.73. The van der Waals surface area contributed by atoms with Gasteiger partial charge in [-0.1, -0.05) is 84.9 Å². The summed E-state index contributed by atoms with van der Waals surface area (Å²) in [6.07, 6.45) is 3.71. The lowest BCUT2D eigenvalue weighted by atomic mass is 9.54. The minimum Gasteiger partial charge on any atom is -0.365 e. The van der Waals surface area contributed by atoms with Crippen molar-refractivity contribution in [1.29, 1.82) is 0 Å². The molecule has 30 heavy (non-hydrogen) atoms. The lowest BCUT2D eigenvalue weighted by Gasteiger charge is -2.43. The van der Waals surface area contributed by atoms with E-state index in [0.717, 1.165) is 22.3 Å². The van der Waals surface area contributed by atoms with Crippen molar-refractivity contribution in [2.45, 2.75) is 16.8 Å². The highest BCUT2D eigenvalue weighted by atomic mass is 16.6. The van der Waals surface area contributed by atoms with Gasteiger partial charge in [0.2, 0.25) is 0 Å². The van der Waals surface area contributed by atoms with Gasteiger partial charge in [-0.2, -0.15) is 0 Å². The molecule has 3 aliphatic heterocycles. The Kier molecular flexibility index (Phi) is 3.00. The second-order valence-corrected chi connectivity index (χ2v) is 8.79. The number of rotatable bonds is 2. The van der Waals surface area contributed by atoms with Crippen LogP contribution in [-0.4, -0.2) is 18.0 Å². The first-order valence-corrected chi connectivity index (χ1v) is 10.5. The summed E-state index contributed by atoms with van der Waals surface area (Å²) in [5, 5.41) is 0. The summed E-state index contributed by atoms with van der Waals surface area (Å²) in [5.41, 5.74) is 2.37. The number of hydrogen-bond acceptors (Lipinski definition) is 3. The molecule has 1 spiro atoms. The van der Waals surface area contributed by atoms with Crippen LogP contribution in [0, 0.1) is 11.8 Å². The molecule has 2 bridgehead atoms. The fourth-order valence-corrected chi connectivity index (χ4v) is 6.37. The molecule has 0 aromatic heterocycles. The average molecular weight is 392 g/mol. The Balaban J connectivity index is 1.63. The number of carbonyl (C=O) groups excluding carboxylic acids is 1. The molecule has 2 unspecified atom stereocenters. The number of fused-ring (bicyclic) bond motifs is 9. The normalized spacial score (nSPS) is 37.3. The molecular formula is C27H20O3. The van der Waals surface area contributed by atoms with E-state index in [9.17, 15) is 4.79 Å². The van der Waals surface area contributed by atoms with Crippen LogP contribution in [0.3, 0.4) is 0 Å². The largest absolute Gasteiger partial charge is 0.365 e. The van der Waals surface area contributed by atoms with Gasteiger partial charge in [-0.15, -0.1) is 0 Å².